The van der Waals surface area contributed by atoms with E-state index in [0.29, 0.717) is 22.8 Å². The monoisotopic (exact) mass is 407 g/mol. The quantitative estimate of drug-likeness (QED) is 0.519. The van der Waals surface area contributed by atoms with E-state index in [-0.39, 0.29) is 0 Å². The van der Waals surface area contributed by atoms with E-state index >= 15 is 0 Å². The van der Waals surface area contributed by atoms with Crippen molar-refractivity contribution in [1.82, 2.24) is 14.4 Å². The summed E-state index contributed by atoms with van der Waals surface area (Å²) in [4.78, 5) is 9.01. The van der Waals surface area contributed by atoms with Gasteiger partial charge in [0, 0.05) is 23.6 Å². The summed E-state index contributed by atoms with van der Waals surface area (Å²) in [6, 6.07) is 13.7. The molecule has 0 atom stereocenters. The third-order valence-electron chi connectivity index (χ3n) is 4.57. The smallest absolute Gasteiger partial charge is 0.229 e. The highest BCUT2D eigenvalue weighted by atomic mass is 32.2. The molecule has 2 aromatic carbocycles. The van der Waals surface area contributed by atoms with Crippen LogP contribution in [0.3, 0.4) is 0 Å². The van der Waals surface area contributed by atoms with E-state index in [4.69, 9.17) is 0 Å². The second kappa shape index (κ2) is 7.21. The van der Waals surface area contributed by atoms with E-state index in [1.165, 1.54) is 5.56 Å². The highest BCUT2D eigenvalue weighted by Gasteiger charge is 2.12. The predicted molar refractivity (Wildman–Crippen MR) is 116 cm³/mol. The van der Waals surface area contributed by atoms with E-state index in [9.17, 15) is 8.42 Å². The van der Waals surface area contributed by atoms with Crippen molar-refractivity contribution >= 4 is 32.9 Å². The van der Waals surface area contributed by atoms with Gasteiger partial charge in [-0.2, -0.15) is 0 Å². The van der Waals surface area contributed by atoms with Crippen LogP contribution in [0.2, 0.25) is 0 Å². The first-order valence-corrected chi connectivity index (χ1v) is 10.9. The zero-order valence-electron chi connectivity index (χ0n) is 16.3. The van der Waals surface area contributed by atoms with Gasteiger partial charge in [0.2, 0.25) is 10.0 Å². The molecule has 29 heavy (non-hydrogen) atoms. The van der Waals surface area contributed by atoms with Gasteiger partial charge in [-0.05, 0) is 31.5 Å². The van der Waals surface area contributed by atoms with Gasteiger partial charge in [0.05, 0.1) is 23.8 Å². The molecule has 0 aliphatic carbocycles. The number of fused-ring (bicyclic) bond motifs is 1. The van der Waals surface area contributed by atoms with Crippen molar-refractivity contribution in [2.45, 2.75) is 13.8 Å². The van der Waals surface area contributed by atoms with Crippen LogP contribution in [-0.2, 0) is 10.0 Å². The van der Waals surface area contributed by atoms with E-state index in [2.05, 4.69) is 51.2 Å². The number of aryl methyl sites for hydroxylation is 2. The lowest BCUT2D eigenvalue weighted by Gasteiger charge is -2.13. The lowest BCUT2D eigenvalue weighted by Crippen LogP contribution is -2.11. The number of imidazole rings is 1. The first-order chi connectivity index (χ1) is 13.8. The Bertz CT molecular complexity index is 1290. The van der Waals surface area contributed by atoms with Crippen molar-refractivity contribution in [3.8, 4) is 11.3 Å². The molecule has 2 N–H and O–H groups in total. The third kappa shape index (κ3) is 4.07. The Labute approximate surface area is 169 Å². The van der Waals surface area contributed by atoms with Crippen LogP contribution in [0.4, 0.5) is 17.2 Å². The van der Waals surface area contributed by atoms with Gasteiger partial charge < -0.3 is 5.32 Å². The number of nitrogens with one attached hydrogen (secondary N) is 2. The highest BCUT2D eigenvalue weighted by Crippen LogP contribution is 2.27. The Balaban J connectivity index is 1.71. The van der Waals surface area contributed by atoms with E-state index in [0.717, 1.165) is 23.1 Å². The molecule has 2 heterocycles. The zero-order chi connectivity index (χ0) is 20.6. The summed E-state index contributed by atoms with van der Waals surface area (Å²) in [5.41, 5.74) is 5.92. The first-order valence-electron chi connectivity index (χ1n) is 9.05. The minimum Gasteiger partial charge on any atom is -0.337 e. The second-order valence-electron chi connectivity index (χ2n) is 7.01. The molecule has 0 spiro atoms. The average molecular weight is 407 g/mol. The van der Waals surface area contributed by atoms with Gasteiger partial charge in [0.25, 0.3) is 0 Å². The molecule has 4 aromatic rings. The highest BCUT2D eigenvalue weighted by molar-refractivity contribution is 7.92. The lowest BCUT2D eigenvalue weighted by molar-refractivity contribution is 0.607. The summed E-state index contributed by atoms with van der Waals surface area (Å²) < 4.78 is 27.7. The molecule has 0 aliphatic rings. The Morgan fingerprint density at radius 1 is 1.00 bits per heavy atom. The van der Waals surface area contributed by atoms with Gasteiger partial charge in [-0.25, -0.2) is 18.4 Å². The molecule has 4 rings (SSSR count). The van der Waals surface area contributed by atoms with Gasteiger partial charge in [-0.3, -0.25) is 9.12 Å². The molecule has 0 aliphatic heterocycles. The summed E-state index contributed by atoms with van der Waals surface area (Å²) in [5.74, 6) is 0.583. The minimum atomic E-state index is -3.36. The molecule has 0 saturated carbocycles. The second-order valence-corrected chi connectivity index (χ2v) is 8.76. The Kier molecular flexibility index (Phi) is 4.71. The van der Waals surface area contributed by atoms with Crippen molar-refractivity contribution in [1.29, 1.82) is 0 Å². The van der Waals surface area contributed by atoms with E-state index < -0.39 is 10.0 Å². The summed E-state index contributed by atoms with van der Waals surface area (Å²) in [5, 5.41) is 3.24. The normalized spacial score (nSPS) is 11.6. The molecule has 2 aromatic heterocycles. The van der Waals surface area contributed by atoms with Crippen LogP contribution in [0, 0.1) is 13.8 Å². The lowest BCUT2D eigenvalue weighted by atomic mass is 10.1. The number of hydrogen-bond donors (Lipinski definition) is 2. The summed E-state index contributed by atoms with van der Waals surface area (Å²) >= 11 is 0. The van der Waals surface area contributed by atoms with Crippen LogP contribution in [0.25, 0.3) is 16.9 Å². The maximum Gasteiger partial charge on any atom is 0.229 e. The van der Waals surface area contributed by atoms with Crippen molar-refractivity contribution < 1.29 is 8.42 Å². The number of hydrogen-bond acceptors (Lipinski definition) is 5. The van der Waals surface area contributed by atoms with Crippen LogP contribution < -0.4 is 10.0 Å². The standard InChI is InChI=1S/C21H21N5O2S/c1-14-4-7-16(8-5-14)19-13-23-20(21-22-10-11-26(19)21)24-17-9-6-15(2)18(12-17)25-29(3,27)28/h4-13,25H,1-3H3,(H,23,24). The number of nitrogens with zero attached hydrogens (tertiary/aromatic N) is 3. The summed E-state index contributed by atoms with van der Waals surface area (Å²) in [6.07, 6.45) is 6.55. The number of sulfonamides is 1. The maximum atomic E-state index is 11.6. The minimum absolute atomic E-state index is 0.521. The van der Waals surface area contributed by atoms with Gasteiger partial charge in [-0.1, -0.05) is 35.9 Å². The Hall–Kier alpha value is -3.39. The van der Waals surface area contributed by atoms with Crippen LogP contribution >= 0.6 is 0 Å². The van der Waals surface area contributed by atoms with E-state index in [1.54, 1.807) is 18.5 Å². The van der Waals surface area contributed by atoms with E-state index in [1.807, 2.05) is 29.7 Å². The molecule has 148 valence electrons. The average Bonchev–Trinajstić information content (AvgIpc) is 3.15. The van der Waals surface area contributed by atoms with Crippen LogP contribution in [-0.4, -0.2) is 29.0 Å². The number of rotatable bonds is 5. The fourth-order valence-corrected chi connectivity index (χ4v) is 3.71. The van der Waals surface area contributed by atoms with Crippen molar-refractivity contribution in [2.24, 2.45) is 0 Å². The van der Waals surface area contributed by atoms with Crippen LogP contribution in [0.15, 0.2) is 61.1 Å². The molecular formula is C21H21N5O2S. The third-order valence-corrected chi connectivity index (χ3v) is 5.16. The largest absolute Gasteiger partial charge is 0.337 e. The number of anilines is 3. The van der Waals surface area contributed by atoms with Crippen molar-refractivity contribution in [3.63, 3.8) is 0 Å². The number of benzene rings is 2. The fourth-order valence-electron chi connectivity index (χ4n) is 3.09. The topological polar surface area (TPSA) is 88.4 Å². The first kappa shape index (κ1) is 18.9. The summed E-state index contributed by atoms with van der Waals surface area (Å²) in [7, 11) is -3.36. The molecule has 0 unspecified atom stereocenters. The molecular weight excluding hydrogens is 386 g/mol. The predicted octanol–water partition coefficient (Wildman–Crippen LogP) is 4.13. The molecule has 0 bridgehead atoms. The molecule has 0 radical (unpaired) electrons. The molecule has 0 amide bonds. The van der Waals surface area contributed by atoms with Crippen LogP contribution in [0.5, 0.6) is 0 Å². The van der Waals surface area contributed by atoms with Gasteiger partial charge >= 0.3 is 0 Å². The Morgan fingerprint density at radius 2 is 1.76 bits per heavy atom. The van der Waals surface area contributed by atoms with Gasteiger partial charge in [0.15, 0.2) is 11.5 Å². The maximum absolute atomic E-state index is 11.6. The van der Waals surface area contributed by atoms with Gasteiger partial charge in [0.1, 0.15) is 0 Å². The molecule has 0 fully saturated rings. The molecule has 0 saturated heterocycles. The van der Waals surface area contributed by atoms with Gasteiger partial charge in [-0.15, -0.1) is 0 Å². The zero-order valence-corrected chi connectivity index (χ0v) is 17.2. The molecule has 7 nitrogen and oxygen atoms in total. The van der Waals surface area contributed by atoms with Crippen molar-refractivity contribution in [2.75, 3.05) is 16.3 Å². The Morgan fingerprint density at radius 3 is 2.48 bits per heavy atom. The summed E-state index contributed by atoms with van der Waals surface area (Å²) in [6.45, 7) is 3.90. The number of aromatic nitrogens is 3. The van der Waals surface area contributed by atoms with Crippen molar-refractivity contribution in [3.05, 3.63) is 72.2 Å². The van der Waals surface area contributed by atoms with Crippen LogP contribution in [0.1, 0.15) is 11.1 Å². The SMILES string of the molecule is Cc1ccc(-c2cnc(Nc3ccc(C)c(NS(C)(=O)=O)c3)c3nccn23)cc1. The molecule has 8 heteroatoms. The fraction of sp³-hybridized carbons (Fsp3) is 0.143.